The van der Waals surface area contributed by atoms with Gasteiger partial charge in [-0.05, 0) is 70.5 Å². The first-order valence-corrected chi connectivity index (χ1v) is 10.0. The van der Waals surface area contributed by atoms with Crippen LogP contribution in [0.2, 0.25) is 0 Å². The molecule has 3 rings (SSSR count). The van der Waals surface area contributed by atoms with Gasteiger partial charge in [0.05, 0.1) is 29.6 Å². The number of hydrogen-bond acceptors (Lipinski definition) is 8. The zero-order chi connectivity index (χ0) is 21.1. The van der Waals surface area contributed by atoms with E-state index in [1.54, 1.807) is 25.1 Å². The molecular weight excluding hydrogens is 466 g/mol. The molecule has 8 nitrogen and oxygen atoms in total. The average molecular weight is 482 g/mol. The van der Waals surface area contributed by atoms with Crippen LogP contribution in [-0.2, 0) is 16.1 Å². The molecule has 0 bridgehead atoms. The molecule has 1 saturated heterocycles. The first-order valence-electron chi connectivity index (χ1n) is 8.41. The van der Waals surface area contributed by atoms with Gasteiger partial charge in [0.15, 0.2) is 11.5 Å². The molecule has 0 saturated carbocycles. The SMILES string of the molecule is CCOc1cc(C=C2SC(=O)N(Cc3ccc(C(=O)OC)o3)C2=O)cc(Br)c1O. The van der Waals surface area contributed by atoms with Crippen LogP contribution in [0.3, 0.4) is 0 Å². The van der Waals surface area contributed by atoms with Crippen molar-refractivity contribution in [3.8, 4) is 11.5 Å². The van der Waals surface area contributed by atoms with Crippen molar-refractivity contribution in [1.29, 1.82) is 0 Å². The van der Waals surface area contributed by atoms with E-state index in [4.69, 9.17) is 9.15 Å². The second kappa shape index (κ2) is 8.75. The number of methoxy groups -OCH3 is 1. The van der Waals surface area contributed by atoms with Gasteiger partial charge in [-0.1, -0.05) is 0 Å². The van der Waals surface area contributed by atoms with Gasteiger partial charge in [0.1, 0.15) is 5.76 Å². The summed E-state index contributed by atoms with van der Waals surface area (Å²) in [6, 6.07) is 6.11. The van der Waals surface area contributed by atoms with E-state index in [9.17, 15) is 19.5 Å². The summed E-state index contributed by atoms with van der Waals surface area (Å²) in [6.07, 6.45) is 1.54. The van der Waals surface area contributed by atoms with Gasteiger partial charge in [0.25, 0.3) is 11.1 Å². The van der Waals surface area contributed by atoms with Gasteiger partial charge in [-0.3, -0.25) is 14.5 Å². The molecule has 2 heterocycles. The van der Waals surface area contributed by atoms with E-state index in [0.717, 1.165) is 16.7 Å². The molecule has 2 amide bonds. The van der Waals surface area contributed by atoms with Crippen LogP contribution in [0.25, 0.3) is 6.08 Å². The Hall–Kier alpha value is -2.72. The standard InChI is InChI=1S/C19H16BrNO7S/c1-3-27-14-7-10(6-12(20)16(14)22)8-15-17(23)21(19(25)29-15)9-11-4-5-13(28-11)18(24)26-2/h4-8,22H,3,9H2,1-2H3. The number of ether oxygens (including phenoxy) is 2. The van der Waals surface area contributed by atoms with E-state index >= 15 is 0 Å². The average Bonchev–Trinajstić information content (AvgIpc) is 3.26. The summed E-state index contributed by atoms with van der Waals surface area (Å²) in [5.74, 6) is -0.650. The third-order valence-corrected chi connectivity index (χ3v) is 5.40. The number of hydrogen-bond donors (Lipinski definition) is 1. The van der Waals surface area contributed by atoms with Crippen molar-refractivity contribution in [2.75, 3.05) is 13.7 Å². The summed E-state index contributed by atoms with van der Waals surface area (Å²) >= 11 is 4.03. The van der Waals surface area contributed by atoms with Gasteiger partial charge >= 0.3 is 5.97 Å². The lowest BCUT2D eigenvalue weighted by atomic mass is 10.2. The van der Waals surface area contributed by atoms with Crippen LogP contribution in [0.1, 0.15) is 28.8 Å². The predicted molar refractivity (Wildman–Crippen MR) is 109 cm³/mol. The Bertz CT molecular complexity index is 1010. The van der Waals surface area contributed by atoms with Crippen molar-refractivity contribution in [1.82, 2.24) is 4.90 Å². The van der Waals surface area contributed by atoms with Crippen molar-refractivity contribution in [2.45, 2.75) is 13.5 Å². The molecule has 1 aliphatic rings. The summed E-state index contributed by atoms with van der Waals surface area (Å²) in [6.45, 7) is 2.03. The number of nitrogens with zero attached hydrogens (tertiary/aromatic N) is 1. The minimum absolute atomic E-state index is 0.0117. The first kappa shape index (κ1) is 21.0. The minimum Gasteiger partial charge on any atom is -0.503 e. The Balaban J connectivity index is 1.81. The number of phenolic OH excluding ortho intramolecular Hbond substituents is 1. The number of esters is 1. The molecule has 10 heteroatoms. The van der Waals surface area contributed by atoms with Gasteiger partial charge in [-0.25, -0.2) is 4.79 Å². The van der Waals surface area contributed by atoms with Crippen molar-refractivity contribution < 1.29 is 33.4 Å². The number of rotatable bonds is 6. The summed E-state index contributed by atoms with van der Waals surface area (Å²) < 4.78 is 15.7. The molecule has 29 heavy (non-hydrogen) atoms. The van der Waals surface area contributed by atoms with Crippen LogP contribution in [0.4, 0.5) is 4.79 Å². The van der Waals surface area contributed by atoms with Crippen molar-refractivity contribution in [3.05, 3.63) is 50.7 Å². The van der Waals surface area contributed by atoms with Gasteiger partial charge in [0, 0.05) is 0 Å². The molecule has 0 radical (unpaired) electrons. The number of carbonyl (C=O) groups excluding carboxylic acids is 3. The maximum Gasteiger partial charge on any atom is 0.373 e. The number of aromatic hydroxyl groups is 1. The predicted octanol–water partition coefficient (Wildman–Crippen LogP) is 4.17. The topological polar surface area (TPSA) is 106 Å². The molecule has 1 aromatic carbocycles. The quantitative estimate of drug-likeness (QED) is 0.483. The number of amides is 2. The lowest BCUT2D eigenvalue weighted by Crippen LogP contribution is -2.27. The van der Waals surface area contributed by atoms with E-state index in [-0.39, 0.29) is 34.5 Å². The number of benzene rings is 1. The van der Waals surface area contributed by atoms with E-state index in [0.29, 0.717) is 16.6 Å². The largest absolute Gasteiger partial charge is 0.503 e. The third kappa shape index (κ3) is 4.48. The summed E-state index contributed by atoms with van der Waals surface area (Å²) in [5, 5.41) is 9.54. The number of imide groups is 1. The highest BCUT2D eigenvalue weighted by molar-refractivity contribution is 9.10. The monoisotopic (exact) mass is 481 g/mol. The van der Waals surface area contributed by atoms with Crippen molar-refractivity contribution in [3.63, 3.8) is 0 Å². The van der Waals surface area contributed by atoms with Crippen LogP contribution in [0.5, 0.6) is 11.5 Å². The van der Waals surface area contributed by atoms with Crippen LogP contribution in [-0.4, -0.2) is 40.8 Å². The molecule has 1 N–H and O–H groups in total. The second-order valence-electron chi connectivity index (χ2n) is 5.81. The van der Waals surface area contributed by atoms with E-state index in [1.165, 1.54) is 19.2 Å². The van der Waals surface area contributed by atoms with Gasteiger partial charge < -0.3 is 19.0 Å². The van der Waals surface area contributed by atoms with Crippen LogP contribution in [0.15, 0.2) is 38.1 Å². The molecule has 1 aromatic heterocycles. The van der Waals surface area contributed by atoms with E-state index in [1.807, 2.05) is 0 Å². The highest BCUT2D eigenvalue weighted by Crippen LogP contribution is 2.38. The summed E-state index contributed by atoms with van der Waals surface area (Å²) in [7, 11) is 1.23. The molecule has 0 atom stereocenters. The number of halogens is 1. The highest BCUT2D eigenvalue weighted by atomic mass is 79.9. The Morgan fingerprint density at radius 1 is 1.34 bits per heavy atom. The number of phenols is 1. The van der Waals surface area contributed by atoms with Gasteiger partial charge in [-0.2, -0.15) is 0 Å². The Morgan fingerprint density at radius 3 is 2.79 bits per heavy atom. The molecule has 0 spiro atoms. The Kier molecular flexibility index (Phi) is 6.33. The fourth-order valence-electron chi connectivity index (χ4n) is 2.56. The number of furan rings is 1. The summed E-state index contributed by atoms with van der Waals surface area (Å²) in [4.78, 5) is 37.7. The smallest absolute Gasteiger partial charge is 0.373 e. The normalized spacial score (nSPS) is 15.3. The fourth-order valence-corrected chi connectivity index (χ4v) is 3.86. The molecule has 0 aliphatic carbocycles. The van der Waals surface area contributed by atoms with Crippen LogP contribution >= 0.6 is 27.7 Å². The van der Waals surface area contributed by atoms with Gasteiger partial charge in [0.2, 0.25) is 5.76 Å². The molecule has 2 aromatic rings. The molecule has 0 unspecified atom stereocenters. The van der Waals surface area contributed by atoms with E-state index in [2.05, 4.69) is 20.7 Å². The lowest BCUT2D eigenvalue weighted by molar-refractivity contribution is -0.123. The summed E-state index contributed by atoms with van der Waals surface area (Å²) in [5.41, 5.74) is 0.578. The van der Waals surface area contributed by atoms with Crippen LogP contribution in [0, 0.1) is 0 Å². The number of thioether (sulfide) groups is 1. The lowest BCUT2D eigenvalue weighted by Gasteiger charge is -2.10. The maximum atomic E-state index is 12.7. The highest BCUT2D eigenvalue weighted by Gasteiger charge is 2.36. The van der Waals surface area contributed by atoms with Crippen molar-refractivity contribution >= 4 is 50.9 Å². The Labute approximate surface area is 178 Å². The van der Waals surface area contributed by atoms with Crippen molar-refractivity contribution in [2.24, 2.45) is 0 Å². The fraction of sp³-hybridized carbons (Fsp3) is 0.211. The Morgan fingerprint density at radius 2 is 2.10 bits per heavy atom. The molecule has 1 fully saturated rings. The van der Waals surface area contributed by atoms with Crippen LogP contribution < -0.4 is 4.74 Å². The molecular formula is C19H16BrNO7S. The zero-order valence-electron chi connectivity index (χ0n) is 15.4. The van der Waals surface area contributed by atoms with Gasteiger partial charge in [-0.15, -0.1) is 0 Å². The molecule has 1 aliphatic heterocycles. The second-order valence-corrected chi connectivity index (χ2v) is 7.66. The maximum absolute atomic E-state index is 12.7. The number of carbonyl (C=O) groups is 3. The first-order chi connectivity index (χ1) is 13.8. The minimum atomic E-state index is -0.645. The third-order valence-electron chi connectivity index (χ3n) is 3.88. The van der Waals surface area contributed by atoms with E-state index < -0.39 is 17.1 Å². The molecule has 152 valence electrons. The zero-order valence-corrected chi connectivity index (χ0v) is 17.8.